The Bertz CT molecular complexity index is 1260. The highest BCUT2D eigenvalue weighted by Crippen LogP contribution is 2.30. The molecule has 0 radical (unpaired) electrons. The lowest BCUT2D eigenvalue weighted by Gasteiger charge is -2.29. The number of benzene rings is 2. The van der Waals surface area contributed by atoms with Crippen LogP contribution in [-0.4, -0.2) is 38.1 Å². The summed E-state index contributed by atoms with van der Waals surface area (Å²) < 4.78 is 0. The molecule has 2 N–H and O–H groups in total. The van der Waals surface area contributed by atoms with Crippen LogP contribution >= 0.6 is 0 Å². The molecule has 1 aromatic heterocycles. The van der Waals surface area contributed by atoms with Gasteiger partial charge < -0.3 is 10.6 Å². The zero-order valence-electron chi connectivity index (χ0n) is 19.2. The van der Waals surface area contributed by atoms with Gasteiger partial charge in [-0.1, -0.05) is 0 Å². The third kappa shape index (κ3) is 4.45. The number of fused-ring (bicyclic) bond motifs is 1. The fourth-order valence-corrected chi connectivity index (χ4v) is 3.74. The average Bonchev–Trinajstić information content (AvgIpc) is 2.98. The molecule has 0 saturated carbocycles. The zero-order chi connectivity index (χ0) is 23.9. The second-order valence-electron chi connectivity index (χ2n) is 9.01. The Morgan fingerprint density at radius 3 is 2.00 bits per heavy atom. The molecular weight excluding hydrogens is 418 g/mol. The molecule has 4 rings (SSSR count). The van der Waals surface area contributed by atoms with Gasteiger partial charge in [-0.15, -0.1) is 0 Å². The molecule has 2 aromatic carbocycles. The van der Waals surface area contributed by atoms with E-state index in [-0.39, 0.29) is 23.3 Å². The van der Waals surface area contributed by atoms with Crippen LogP contribution in [0.25, 0.3) is 0 Å². The van der Waals surface area contributed by atoms with Crippen LogP contribution in [0.2, 0.25) is 0 Å². The lowest BCUT2D eigenvalue weighted by Crippen LogP contribution is -2.45. The molecule has 2 heterocycles. The van der Waals surface area contributed by atoms with Crippen molar-refractivity contribution in [3.8, 4) is 0 Å². The summed E-state index contributed by atoms with van der Waals surface area (Å²) in [6.45, 7) is 9.20. The molecule has 0 fully saturated rings. The number of anilines is 3. The topological polar surface area (TPSA) is 104 Å². The van der Waals surface area contributed by atoms with Crippen molar-refractivity contribution in [1.29, 1.82) is 0 Å². The number of rotatable bonds is 4. The summed E-state index contributed by atoms with van der Waals surface area (Å²) in [5.74, 6) is -0.594. The van der Waals surface area contributed by atoms with E-state index in [4.69, 9.17) is 0 Å². The van der Waals surface area contributed by atoms with Gasteiger partial charge in [0.1, 0.15) is 0 Å². The number of carbonyl (C=O) groups is 3. The van der Waals surface area contributed by atoms with Crippen LogP contribution in [0.1, 0.15) is 63.2 Å². The van der Waals surface area contributed by atoms with E-state index in [1.165, 1.54) is 17.0 Å². The van der Waals surface area contributed by atoms with E-state index in [0.29, 0.717) is 22.8 Å². The van der Waals surface area contributed by atoms with Crippen molar-refractivity contribution >= 4 is 35.0 Å². The van der Waals surface area contributed by atoms with E-state index >= 15 is 0 Å². The Morgan fingerprint density at radius 1 is 0.818 bits per heavy atom. The quantitative estimate of drug-likeness (QED) is 0.576. The number of amides is 3. The molecule has 33 heavy (non-hydrogen) atoms. The van der Waals surface area contributed by atoms with E-state index in [0.717, 1.165) is 17.1 Å². The summed E-state index contributed by atoms with van der Waals surface area (Å²) in [5.41, 5.74) is 3.33. The fourth-order valence-electron chi connectivity index (χ4n) is 3.74. The molecule has 0 aliphatic carbocycles. The SMILES string of the molecule is Cc1cc(C)nc(Nc2ccc(NC(=O)c3ccc4c(c3)C(=O)N(C(C)(C)C)C4=O)cc2)n1. The minimum Gasteiger partial charge on any atom is -0.324 e. The van der Waals surface area contributed by atoms with E-state index in [9.17, 15) is 14.4 Å². The Kier molecular flexibility index (Phi) is 5.45. The Hall–Kier alpha value is -4.07. The first kappa shape index (κ1) is 22.1. The van der Waals surface area contributed by atoms with Crippen molar-refractivity contribution in [1.82, 2.24) is 14.9 Å². The highest BCUT2D eigenvalue weighted by Gasteiger charge is 2.42. The van der Waals surface area contributed by atoms with Crippen LogP contribution in [0.5, 0.6) is 0 Å². The van der Waals surface area contributed by atoms with Gasteiger partial charge in [0.2, 0.25) is 5.95 Å². The Labute approximate surface area is 192 Å². The van der Waals surface area contributed by atoms with Gasteiger partial charge in [-0.05, 0) is 83.1 Å². The molecule has 168 valence electrons. The number of aromatic nitrogens is 2. The number of nitrogens with zero attached hydrogens (tertiary/aromatic N) is 3. The molecule has 8 nitrogen and oxygen atoms in total. The lowest BCUT2D eigenvalue weighted by molar-refractivity contribution is 0.0507. The Morgan fingerprint density at radius 2 is 1.39 bits per heavy atom. The maximum absolute atomic E-state index is 12.8. The van der Waals surface area contributed by atoms with Gasteiger partial charge in [0.25, 0.3) is 17.7 Å². The molecule has 0 saturated heterocycles. The minimum atomic E-state index is -0.645. The van der Waals surface area contributed by atoms with Gasteiger partial charge in [0.05, 0.1) is 11.1 Å². The second-order valence-corrected chi connectivity index (χ2v) is 9.01. The number of nitrogens with one attached hydrogen (secondary N) is 2. The molecule has 0 spiro atoms. The number of aryl methyl sites for hydroxylation is 2. The molecule has 3 amide bonds. The van der Waals surface area contributed by atoms with E-state index in [1.807, 2.05) is 32.0 Å². The van der Waals surface area contributed by atoms with Crippen LogP contribution in [0.15, 0.2) is 48.5 Å². The van der Waals surface area contributed by atoms with Crippen LogP contribution in [0.3, 0.4) is 0 Å². The van der Waals surface area contributed by atoms with Crippen molar-refractivity contribution in [2.45, 2.75) is 40.2 Å². The highest BCUT2D eigenvalue weighted by atomic mass is 16.2. The molecule has 8 heteroatoms. The van der Waals surface area contributed by atoms with Gasteiger partial charge in [-0.25, -0.2) is 9.97 Å². The van der Waals surface area contributed by atoms with Crippen molar-refractivity contribution in [3.63, 3.8) is 0 Å². The van der Waals surface area contributed by atoms with Crippen molar-refractivity contribution in [3.05, 3.63) is 76.6 Å². The summed E-state index contributed by atoms with van der Waals surface area (Å²) in [7, 11) is 0. The second kappa shape index (κ2) is 8.12. The van der Waals surface area contributed by atoms with Crippen molar-refractivity contribution in [2.24, 2.45) is 0 Å². The van der Waals surface area contributed by atoms with Crippen LogP contribution in [0, 0.1) is 13.8 Å². The number of carbonyl (C=O) groups excluding carboxylic acids is 3. The van der Waals surface area contributed by atoms with Gasteiger partial charge >= 0.3 is 0 Å². The molecule has 0 atom stereocenters. The van der Waals surface area contributed by atoms with Gasteiger partial charge in [0.15, 0.2) is 0 Å². The largest absolute Gasteiger partial charge is 0.324 e. The lowest BCUT2D eigenvalue weighted by atomic mass is 10.1. The maximum atomic E-state index is 12.8. The highest BCUT2D eigenvalue weighted by molar-refractivity contribution is 6.22. The Balaban J connectivity index is 1.48. The molecule has 0 bridgehead atoms. The standard InChI is InChI=1S/C25H25N5O3/c1-14-12-15(2)27-24(26-14)29-18-9-7-17(8-10-18)28-21(31)16-6-11-19-20(13-16)23(33)30(22(19)32)25(3,4)5/h6-13H,1-5H3,(H,28,31)(H,26,27,29). The van der Waals surface area contributed by atoms with E-state index in [2.05, 4.69) is 20.6 Å². The number of imide groups is 1. The van der Waals surface area contributed by atoms with E-state index < -0.39 is 5.54 Å². The summed E-state index contributed by atoms with van der Waals surface area (Å²) in [6, 6.07) is 13.6. The fraction of sp³-hybridized carbons (Fsp3) is 0.240. The van der Waals surface area contributed by atoms with Crippen molar-refractivity contribution < 1.29 is 14.4 Å². The van der Waals surface area contributed by atoms with Crippen molar-refractivity contribution in [2.75, 3.05) is 10.6 Å². The predicted molar refractivity (Wildman–Crippen MR) is 126 cm³/mol. The first-order valence-electron chi connectivity index (χ1n) is 10.6. The third-order valence-corrected chi connectivity index (χ3v) is 5.20. The first-order chi connectivity index (χ1) is 15.5. The predicted octanol–water partition coefficient (Wildman–Crippen LogP) is 4.48. The van der Waals surface area contributed by atoms with Crippen LogP contribution < -0.4 is 10.6 Å². The van der Waals surface area contributed by atoms with Gasteiger partial charge in [0, 0.05) is 33.9 Å². The molecule has 1 aliphatic rings. The smallest absolute Gasteiger partial charge is 0.262 e. The first-order valence-corrected chi connectivity index (χ1v) is 10.6. The summed E-state index contributed by atoms with van der Waals surface area (Å²) in [6.07, 6.45) is 0. The normalized spacial score (nSPS) is 13.2. The third-order valence-electron chi connectivity index (χ3n) is 5.20. The average molecular weight is 444 g/mol. The molecule has 1 aliphatic heterocycles. The monoisotopic (exact) mass is 443 g/mol. The van der Waals surface area contributed by atoms with Gasteiger partial charge in [-0.3, -0.25) is 19.3 Å². The number of hydrogen-bond acceptors (Lipinski definition) is 6. The summed E-state index contributed by atoms with van der Waals surface area (Å²) in [4.78, 5) is 48.1. The van der Waals surface area contributed by atoms with E-state index in [1.54, 1.807) is 39.0 Å². The van der Waals surface area contributed by atoms with Crippen LogP contribution in [0.4, 0.5) is 17.3 Å². The maximum Gasteiger partial charge on any atom is 0.262 e. The molecular formula is C25H25N5O3. The summed E-state index contributed by atoms with van der Waals surface area (Å²) in [5, 5.41) is 5.96. The molecule has 0 unspecified atom stereocenters. The van der Waals surface area contributed by atoms with Gasteiger partial charge in [-0.2, -0.15) is 0 Å². The number of hydrogen-bond donors (Lipinski definition) is 2. The minimum absolute atomic E-state index is 0.246. The molecule has 3 aromatic rings. The summed E-state index contributed by atoms with van der Waals surface area (Å²) >= 11 is 0. The zero-order valence-corrected chi connectivity index (χ0v) is 19.2. The van der Waals surface area contributed by atoms with Crippen LogP contribution in [-0.2, 0) is 0 Å².